The predicted molar refractivity (Wildman–Crippen MR) is 134 cm³/mol. The number of benzene rings is 3. The minimum Gasteiger partial charge on any atom is -0.507 e. The number of H-pyrrole nitrogens is 1. The number of nitrogens with one attached hydrogen (secondary N) is 1. The third-order valence-electron chi connectivity index (χ3n) is 6.10. The number of hydrogen-bond acceptors (Lipinski definition) is 6. The smallest absolute Gasteiger partial charge is 0.300 e. The third-order valence-corrected chi connectivity index (χ3v) is 6.10. The number of aromatic amines is 1. The normalized spacial score (nSPS) is 17.0. The Labute approximate surface area is 205 Å². The second kappa shape index (κ2) is 9.03. The zero-order valence-electron chi connectivity index (χ0n) is 19.2. The van der Waals surface area contributed by atoms with Crippen LogP contribution in [0.25, 0.3) is 16.7 Å². The molecule has 1 aliphatic heterocycles. The minimum absolute atomic E-state index is 0.0649. The zero-order chi connectivity index (χ0) is 25.4. The Balaban J connectivity index is 1.76. The van der Waals surface area contributed by atoms with Gasteiger partial charge in [-0.2, -0.15) is 0 Å². The Kier molecular flexibility index (Phi) is 5.73. The number of nitro benzene ring substituents is 1. The molecule has 1 fully saturated rings. The largest absolute Gasteiger partial charge is 0.507 e. The van der Waals surface area contributed by atoms with Crippen molar-refractivity contribution in [2.75, 3.05) is 11.5 Å². The van der Waals surface area contributed by atoms with E-state index in [0.29, 0.717) is 23.6 Å². The summed E-state index contributed by atoms with van der Waals surface area (Å²) in [5.74, 6) is -1.69. The molecule has 1 unspecified atom stereocenters. The zero-order valence-corrected chi connectivity index (χ0v) is 19.2. The van der Waals surface area contributed by atoms with Crippen molar-refractivity contribution in [3.63, 3.8) is 0 Å². The molecule has 180 valence electrons. The van der Waals surface area contributed by atoms with Gasteiger partial charge in [-0.05, 0) is 25.1 Å². The van der Waals surface area contributed by atoms with Crippen molar-refractivity contribution >= 4 is 39.7 Å². The summed E-state index contributed by atoms with van der Waals surface area (Å²) < 4.78 is 5.59. The molecule has 0 spiro atoms. The SMILES string of the molecule is CCOc1cccc(N2C(=O)C(=O)/C(=C(/O)c3cccc([N+](=O)[O-])c3)C2c2c[nH]c3ccccc23)c1. The Hall–Kier alpha value is -4.92. The summed E-state index contributed by atoms with van der Waals surface area (Å²) in [6.45, 7) is 2.25. The summed E-state index contributed by atoms with van der Waals surface area (Å²) in [6, 6.07) is 18.5. The highest BCUT2D eigenvalue weighted by molar-refractivity contribution is 6.52. The van der Waals surface area contributed by atoms with Crippen LogP contribution in [0.15, 0.2) is 84.6 Å². The molecule has 5 rings (SSSR count). The molecule has 36 heavy (non-hydrogen) atoms. The highest BCUT2D eigenvalue weighted by atomic mass is 16.6. The molecule has 0 bridgehead atoms. The minimum atomic E-state index is -0.989. The first kappa shape index (κ1) is 22.9. The quantitative estimate of drug-likeness (QED) is 0.129. The summed E-state index contributed by atoms with van der Waals surface area (Å²) in [7, 11) is 0. The fourth-order valence-electron chi connectivity index (χ4n) is 4.53. The average molecular weight is 483 g/mol. The molecular formula is C27H21N3O6. The number of aromatic nitrogens is 1. The standard InChI is InChI=1S/C27H21N3O6/c1-2-36-19-10-6-8-17(14-19)29-24(21-15-28-22-12-4-3-11-20(21)22)23(26(32)27(29)33)25(31)16-7-5-9-18(13-16)30(34)35/h3-15,24,28,31H,2H2,1H3/b25-23+. The monoisotopic (exact) mass is 483 g/mol. The first-order valence-electron chi connectivity index (χ1n) is 11.3. The van der Waals surface area contributed by atoms with Crippen LogP contribution >= 0.6 is 0 Å². The van der Waals surface area contributed by atoms with E-state index in [-0.39, 0.29) is 16.8 Å². The van der Waals surface area contributed by atoms with Crippen LogP contribution in [0.4, 0.5) is 11.4 Å². The fraction of sp³-hybridized carbons (Fsp3) is 0.111. The first-order valence-corrected chi connectivity index (χ1v) is 11.3. The number of rotatable bonds is 6. The van der Waals surface area contributed by atoms with Crippen LogP contribution in [0, 0.1) is 10.1 Å². The van der Waals surface area contributed by atoms with Crippen molar-refractivity contribution in [2.24, 2.45) is 0 Å². The molecule has 1 saturated heterocycles. The topological polar surface area (TPSA) is 126 Å². The maximum absolute atomic E-state index is 13.4. The van der Waals surface area contributed by atoms with Gasteiger partial charge >= 0.3 is 0 Å². The molecule has 9 heteroatoms. The molecule has 2 N–H and O–H groups in total. The van der Waals surface area contributed by atoms with Gasteiger partial charge in [0.25, 0.3) is 17.4 Å². The molecule has 1 aliphatic rings. The number of carbonyl (C=O) groups excluding carboxylic acids is 2. The van der Waals surface area contributed by atoms with E-state index >= 15 is 0 Å². The number of ether oxygens (including phenoxy) is 1. The molecule has 0 saturated carbocycles. The molecule has 2 heterocycles. The molecule has 0 aliphatic carbocycles. The van der Waals surface area contributed by atoms with Crippen LogP contribution < -0.4 is 9.64 Å². The number of non-ortho nitro benzene ring substituents is 1. The number of hydrogen-bond donors (Lipinski definition) is 2. The number of fused-ring (bicyclic) bond motifs is 1. The Morgan fingerprint density at radius 3 is 2.64 bits per heavy atom. The van der Waals surface area contributed by atoms with E-state index in [1.165, 1.54) is 29.2 Å². The van der Waals surface area contributed by atoms with E-state index in [2.05, 4.69) is 4.98 Å². The lowest BCUT2D eigenvalue weighted by molar-refractivity contribution is -0.384. The first-order chi connectivity index (χ1) is 17.4. The van der Waals surface area contributed by atoms with Crippen LogP contribution in [-0.4, -0.2) is 33.3 Å². The number of ketones is 1. The number of anilines is 1. The second-order valence-electron chi connectivity index (χ2n) is 8.20. The van der Waals surface area contributed by atoms with Gasteiger partial charge in [0, 0.05) is 52.1 Å². The Morgan fingerprint density at radius 1 is 1.08 bits per heavy atom. The second-order valence-corrected chi connectivity index (χ2v) is 8.20. The average Bonchev–Trinajstić information content (AvgIpc) is 3.42. The van der Waals surface area contributed by atoms with E-state index in [0.717, 1.165) is 10.9 Å². The van der Waals surface area contributed by atoms with Crippen LogP contribution in [0.2, 0.25) is 0 Å². The van der Waals surface area contributed by atoms with Crippen LogP contribution in [0.5, 0.6) is 5.75 Å². The van der Waals surface area contributed by atoms with Gasteiger partial charge in [-0.3, -0.25) is 24.6 Å². The van der Waals surface area contributed by atoms with E-state index in [9.17, 15) is 24.8 Å². The van der Waals surface area contributed by atoms with E-state index < -0.39 is 28.4 Å². The number of nitro groups is 1. The fourth-order valence-corrected chi connectivity index (χ4v) is 4.53. The van der Waals surface area contributed by atoms with Crippen molar-refractivity contribution < 1.29 is 24.4 Å². The number of carbonyl (C=O) groups is 2. The number of aliphatic hydroxyl groups excluding tert-OH is 1. The van der Waals surface area contributed by atoms with E-state index in [4.69, 9.17) is 4.74 Å². The molecule has 3 aromatic carbocycles. The summed E-state index contributed by atoms with van der Waals surface area (Å²) in [5, 5.41) is 23.3. The molecule has 4 aromatic rings. The van der Waals surface area contributed by atoms with Crippen molar-refractivity contribution in [3.8, 4) is 5.75 Å². The molecule has 0 radical (unpaired) electrons. The highest BCUT2D eigenvalue weighted by Crippen LogP contribution is 2.44. The van der Waals surface area contributed by atoms with Crippen molar-refractivity contribution in [3.05, 3.63) is 106 Å². The number of nitrogens with zero attached hydrogens (tertiary/aromatic N) is 2. The predicted octanol–water partition coefficient (Wildman–Crippen LogP) is 5.10. The van der Waals surface area contributed by atoms with Gasteiger partial charge in [0.05, 0.1) is 23.1 Å². The molecular weight excluding hydrogens is 462 g/mol. The molecule has 1 atom stereocenters. The van der Waals surface area contributed by atoms with E-state index in [1.54, 1.807) is 30.5 Å². The van der Waals surface area contributed by atoms with Gasteiger partial charge in [0.1, 0.15) is 11.5 Å². The maximum Gasteiger partial charge on any atom is 0.300 e. The Bertz CT molecular complexity index is 1550. The van der Waals surface area contributed by atoms with Gasteiger partial charge in [0.2, 0.25) is 0 Å². The van der Waals surface area contributed by atoms with Gasteiger partial charge in [0.15, 0.2) is 0 Å². The maximum atomic E-state index is 13.4. The summed E-state index contributed by atoms with van der Waals surface area (Å²) in [6.07, 6.45) is 1.70. The van der Waals surface area contributed by atoms with Crippen molar-refractivity contribution in [1.29, 1.82) is 0 Å². The van der Waals surface area contributed by atoms with Gasteiger partial charge < -0.3 is 14.8 Å². The number of Topliss-reactive ketones (excluding diaryl/α,β-unsaturated/α-hetero) is 1. The number of aliphatic hydroxyl groups is 1. The molecule has 1 amide bonds. The highest BCUT2D eigenvalue weighted by Gasteiger charge is 2.47. The van der Waals surface area contributed by atoms with Gasteiger partial charge in [-0.15, -0.1) is 0 Å². The lowest BCUT2D eigenvalue weighted by Crippen LogP contribution is -2.29. The van der Waals surface area contributed by atoms with Gasteiger partial charge in [-0.1, -0.05) is 36.4 Å². The molecule has 1 aromatic heterocycles. The van der Waals surface area contributed by atoms with Gasteiger partial charge in [-0.25, -0.2) is 0 Å². The number of amides is 1. The third kappa shape index (κ3) is 3.76. The lowest BCUT2D eigenvalue weighted by atomic mass is 9.94. The van der Waals surface area contributed by atoms with Crippen molar-refractivity contribution in [2.45, 2.75) is 13.0 Å². The summed E-state index contributed by atoms with van der Waals surface area (Å²) in [5.41, 5.74) is 1.45. The van der Waals surface area contributed by atoms with E-state index in [1.807, 2.05) is 31.2 Å². The van der Waals surface area contributed by atoms with Crippen LogP contribution in [0.1, 0.15) is 24.1 Å². The van der Waals surface area contributed by atoms with Crippen LogP contribution in [0.3, 0.4) is 0 Å². The summed E-state index contributed by atoms with van der Waals surface area (Å²) in [4.78, 5) is 42.0. The Morgan fingerprint density at radius 2 is 1.86 bits per heavy atom. The molecule has 9 nitrogen and oxygen atoms in total. The number of para-hydroxylation sites is 1. The van der Waals surface area contributed by atoms with Crippen LogP contribution in [-0.2, 0) is 9.59 Å². The lowest BCUT2D eigenvalue weighted by Gasteiger charge is -2.25. The summed E-state index contributed by atoms with van der Waals surface area (Å²) >= 11 is 0. The van der Waals surface area contributed by atoms with Crippen molar-refractivity contribution in [1.82, 2.24) is 4.98 Å².